The molecule has 4 nitrogen and oxygen atoms in total. The van der Waals surface area contributed by atoms with Crippen LogP contribution < -0.4 is 4.74 Å². The Morgan fingerprint density at radius 3 is 2.94 bits per heavy atom. The molecule has 1 aliphatic rings. The van der Waals surface area contributed by atoms with E-state index in [2.05, 4.69) is 0 Å². The molecular weight excluding hydrogens is 237 g/mol. The molecule has 100 valence electrons. The summed E-state index contributed by atoms with van der Waals surface area (Å²) >= 11 is 0. The lowest BCUT2D eigenvalue weighted by Gasteiger charge is -2.37. The minimum atomic E-state index is -0.795. The number of halogens is 1. The first-order valence-corrected chi connectivity index (χ1v) is 6.12. The molecule has 0 saturated carbocycles. The Balaban J connectivity index is 2.23. The first-order valence-electron chi connectivity index (χ1n) is 6.12. The Labute approximate surface area is 106 Å². The molecule has 0 saturated heterocycles. The van der Waals surface area contributed by atoms with E-state index in [0.717, 1.165) is 0 Å². The van der Waals surface area contributed by atoms with E-state index in [9.17, 15) is 9.50 Å². The van der Waals surface area contributed by atoms with Crippen LogP contribution in [-0.2, 0) is 0 Å². The van der Waals surface area contributed by atoms with Gasteiger partial charge in [0, 0.05) is 12.1 Å². The highest BCUT2D eigenvalue weighted by molar-refractivity contribution is 5.38. The summed E-state index contributed by atoms with van der Waals surface area (Å²) in [4.78, 5) is 1.93. The Morgan fingerprint density at radius 2 is 2.28 bits per heavy atom. The van der Waals surface area contributed by atoms with Crippen LogP contribution in [0.25, 0.3) is 0 Å². The van der Waals surface area contributed by atoms with Crippen molar-refractivity contribution >= 4 is 0 Å². The molecule has 0 aromatic heterocycles. The van der Waals surface area contributed by atoms with Crippen molar-refractivity contribution in [3.8, 4) is 5.75 Å². The maximum absolute atomic E-state index is 13.2. The first kappa shape index (κ1) is 13.3. The van der Waals surface area contributed by atoms with Crippen LogP contribution in [0.5, 0.6) is 5.75 Å². The number of benzene rings is 1. The molecule has 2 N–H and O–H groups in total. The summed E-state index contributed by atoms with van der Waals surface area (Å²) in [5, 5.41) is 19.3. The van der Waals surface area contributed by atoms with Crippen LogP contribution in [0.4, 0.5) is 4.39 Å². The number of hydrogen-bond donors (Lipinski definition) is 2. The second-order valence-corrected chi connectivity index (χ2v) is 4.36. The predicted octanol–water partition coefficient (Wildman–Crippen LogP) is 0.934. The number of aliphatic hydroxyl groups is 2. The maximum atomic E-state index is 13.2. The average molecular weight is 255 g/mol. The van der Waals surface area contributed by atoms with Crippen molar-refractivity contribution < 1.29 is 19.3 Å². The zero-order chi connectivity index (χ0) is 13.1. The summed E-state index contributed by atoms with van der Waals surface area (Å²) in [7, 11) is 0. The lowest BCUT2D eigenvalue weighted by molar-refractivity contribution is -0.000579. The van der Waals surface area contributed by atoms with Crippen LogP contribution in [0, 0.1) is 5.82 Å². The largest absolute Gasteiger partial charge is 0.491 e. The van der Waals surface area contributed by atoms with Crippen LogP contribution >= 0.6 is 0 Å². The van der Waals surface area contributed by atoms with Crippen molar-refractivity contribution in [1.82, 2.24) is 4.90 Å². The third-order valence-electron chi connectivity index (χ3n) is 3.33. The third-order valence-corrected chi connectivity index (χ3v) is 3.33. The van der Waals surface area contributed by atoms with Crippen LogP contribution in [0.1, 0.15) is 18.6 Å². The number of nitrogens with zero attached hydrogens (tertiary/aromatic N) is 1. The maximum Gasteiger partial charge on any atom is 0.125 e. The molecule has 1 aromatic rings. The zero-order valence-corrected chi connectivity index (χ0v) is 10.3. The Hall–Kier alpha value is -1.17. The Kier molecular flexibility index (Phi) is 4.16. The molecule has 2 unspecified atom stereocenters. The molecule has 5 heteroatoms. The first-order chi connectivity index (χ1) is 8.67. The van der Waals surface area contributed by atoms with Gasteiger partial charge in [-0.25, -0.2) is 4.39 Å². The quantitative estimate of drug-likeness (QED) is 0.840. The van der Waals surface area contributed by atoms with E-state index in [4.69, 9.17) is 9.84 Å². The fourth-order valence-electron chi connectivity index (χ4n) is 2.35. The number of likely N-dealkylation sites (N-methyl/N-ethyl adjacent to an activating group) is 1. The minimum absolute atomic E-state index is 0.0209. The fraction of sp³-hybridized carbons (Fsp3) is 0.538. The van der Waals surface area contributed by atoms with Crippen molar-refractivity contribution in [2.45, 2.75) is 19.1 Å². The number of rotatable bonds is 4. The smallest absolute Gasteiger partial charge is 0.125 e. The SMILES string of the molecule is CCN(CCO)C1COc2ccc(F)cc2C1O. The molecule has 1 aliphatic heterocycles. The van der Waals surface area contributed by atoms with E-state index < -0.39 is 6.10 Å². The van der Waals surface area contributed by atoms with Crippen molar-refractivity contribution in [3.05, 3.63) is 29.6 Å². The van der Waals surface area contributed by atoms with Crippen molar-refractivity contribution in [1.29, 1.82) is 0 Å². The second-order valence-electron chi connectivity index (χ2n) is 4.36. The minimum Gasteiger partial charge on any atom is -0.491 e. The van der Waals surface area contributed by atoms with E-state index in [1.807, 2.05) is 11.8 Å². The van der Waals surface area contributed by atoms with E-state index in [1.165, 1.54) is 18.2 Å². The number of ether oxygens (including phenoxy) is 1. The summed E-state index contributed by atoms with van der Waals surface area (Å²) in [5.41, 5.74) is 0.475. The van der Waals surface area contributed by atoms with Crippen molar-refractivity contribution in [2.24, 2.45) is 0 Å². The van der Waals surface area contributed by atoms with Crippen LogP contribution in [0.3, 0.4) is 0 Å². The predicted molar refractivity (Wildman–Crippen MR) is 65.0 cm³/mol. The van der Waals surface area contributed by atoms with Crippen molar-refractivity contribution in [3.63, 3.8) is 0 Å². The molecule has 0 fully saturated rings. The Morgan fingerprint density at radius 1 is 1.50 bits per heavy atom. The third kappa shape index (κ3) is 2.48. The molecule has 0 aliphatic carbocycles. The molecule has 1 heterocycles. The molecule has 2 rings (SSSR count). The molecule has 0 bridgehead atoms. The van der Waals surface area contributed by atoms with Gasteiger partial charge in [0.1, 0.15) is 24.3 Å². The molecule has 2 atom stereocenters. The zero-order valence-electron chi connectivity index (χ0n) is 10.3. The molecule has 0 amide bonds. The molecule has 1 aromatic carbocycles. The lowest BCUT2D eigenvalue weighted by atomic mass is 9.97. The summed E-state index contributed by atoms with van der Waals surface area (Å²) in [6.45, 7) is 3.46. The normalized spacial score (nSPS) is 22.7. The topological polar surface area (TPSA) is 52.9 Å². The molecule has 18 heavy (non-hydrogen) atoms. The second kappa shape index (κ2) is 5.65. The van der Waals surface area contributed by atoms with Gasteiger partial charge in [0.25, 0.3) is 0 Å². The van der Waals surface area contributed by atoms with Crippen LogP contribution in [-0.4, -0.2) is 47.5 Å². The van der Waals surface area contributed by atoms with Gasteiger partial charge >= 0.3 is 0 Å². The fourth-order valence-corrected chi connectivity index (χ4v) is 2.35. The van der Waals surface area contributed by atoms with Gasteiger partial charge in [0.2, 0.25) is 0 Å². The van der Waals surface area contributed by atoms with Gasteiger partial charge in [0.05, 0.1) is 12.6 Å². The van der Waals surface area contributed by atoms with Gasteiger partial charge in [0.15, 0.2) is 0 Å². The van der Waals surface area contributed by atoms with Crippen LogP contribution in [0.15, 0.2) is 18.2 Å². The Bertz CT molecular complexity index is 413. The van der Waals surface area contributed by atoms with E-state index in [0.29, 0.717) is 31.0 Å². The number of aliphatic hydroxyl groups excluding tert-OH is 2. The summed E-state index contributed by atoms with van der Waals surface area (Å²) in [5.74, 6) is 0.141. The van der Waals surface area contributed by atoms with Crippen molar-refractivity contribution in [2.75, 3.05) is 26.3 Å². The average Bonchev–Trinajstić information content (AvgIpc) is 2.38. The highest BCUT2D eigenvalue weighted by Gasteiger charge is 2.33. The lowest BCUT2D eigenvalue weighted by Crippen LogP contribution is -2.47. The van der Waals surface area contributed by atoms with E-state index in [-0.39, 0.29) is 18.5 Å². The molecule has 0 radical (unpaired) electrons. The number of fused-ring (bicyclic) bond motifs is 1. The van der Waals surface area contributed by atoms with Gasteiger partial charge in [-0.15, -0.1) is 0 Å². The van der Waals surface area contributed by atoms with Gasteiger partial charge in [-0.1, -0.05) is 6.92 Å². The summed E-state index contributed by atoms with van der Waals surface area (Å²) < 4.78 is 18.7. The van der Waals surface area contributed by atoms with Gasteiger partial charge < -0.3 is 14.9 Å². The standard InChI is InChI=1S/C13H18FNO3/c1-2-15(5-6-16)11-8-18-12-4-3-9(14)7-10(12)13(11)17/h3-4,7,11,13,16-17H,2,5-6,8H2,1H3. The van der Waals surface area contributed by atoms with E-state index >= 15 is 0 Å². The molecular formula is C13H18FNO3. The summed E-state index contributed by atoms with van der Waals surface area (Å²) in [6.07, 6.45) is -0.795. The van der Waals surface area contributed by atoms with Gasteiger partial charge in [-0.05, 0) is 24.7 Å². The highest BCUT2D eigenvalue weighted by Crippen LogP contribution is 2.34. The number of hydrogen-bond acceptors (Lipinski definition) is 4. The van der Waals surface area contributed by atoms with Gasteiger partial charge in [-0.2, -0.15) is 0 Å². The monoisotopic (exact) mass is 255 g/mol. The summed E-state index contributed by atoms with van der Waals surface area (Å²) in [6, 6.07) is 3.90. The van der Waals surface area contributed by atoms with E-state index in [1.54, 1.807) is 0 Å². The van der Waals surface area contributed by atoms with Gasteiger partial charge in [-0.3, -0.25) is 4.90 Å². The van der Waals surface area contributed by atoms with Crippen LogP contribution in [0.2, 0.25) is 0 Å². The molecule has 0 spiro atoms. The highest BCUT2D eigenvalue weighted by atomic mass is 19.1.